The average Bonchev–Trinajstić information content (AvgIpc) is 4.04. The van der Waals surface area contributed by atoms with E-state index in [-0.39, 0.29) is 5.54 Å². The maximum atomic E-state index is 2.63. The lowest BCUT2D eigenvalue weighted by Crippen LogP contribution is -2.78. The van der Waals surface area contributed by atoms with Crippen LogP contribution in [0.5, 0.6) is 0 Å². The molecular weight excluding hydrogens is 941 g/mol. The minimum absolute atomic E-state index is 0.279. The topological polar surface area (TPSA) is 7.76 Å². The van der Waals surface area contributed by atoms with Gasteiger partial charge in [0, 0.05) is 48.2 Å². The zero-order valence-electron chi connectivity index (χ0n) is 44.0. The molecule has 0 saturated carbocycles. The van der Waals surface area contributed by atoms with Crippen LogP contribution < -0.4 is 9.13 Å². The smallest absolute Gasteiger partial charge is 0.185 e. The monoisotopic (exact) mass is 998 g/mol. The second kappa shape index (κ2) is 19.3. The summed E-state index contributed by atoms with van der Waals surface area (Å²) in [5.41, 5.74) is 25.9. The molecule has 12 aromatic rings. The maximum absolute atomic E-state index is 2.63. The highest BCUT2D eigenvalue weighted by atomic mass is 15.2. The second-order valence-corrected chi connectivity index (χ2v) is 21.1. The Labute approximate surface area is 458 Å². The summed E-state index contributed by atoms with van der Waals surface area (Å²) in [7, 11) is 0. The number of rotatable bonds is 10. The van der Waals surface area contributed by atoms with Crippen molar-refractivity contribution in [2.24, 2.45) is 0 Å². The van der Waals surface area contributed by atoms with Gasteiger partial charge in [-0.3, -0.25) is 0 Å². The third-order valence-electron chi connectivity index (χ3n) is 17.1. The summed E-state index contributed by atoms with van der Waals surface area (Å²) in [5.74, 6) is 0. The summed E-state index contributed by atoms with van der Waals surface area (Å²) >= 11 is 0. The highest BCUT2D eigenvalue weighted by molar-refractivity contribution is 5.90. The molecule has 0 N–H and O–H groups in total. The number of aromatic nitrogens is 2. The molecule has 0 aliphatic carbocycles. The van der Waals surface area contributed by atoms with E-state index in [9.17, 15) is 0 Å². The third kappa shape index (κ3) is 7.62. The zero-order chi connectivity index (χ0) is 52.2. The molecule has 10 aromatic carbocycles. The predicted molar refractivity (Wildman–Crippen MR) is 322 cm³/mol. The molecule has 0 bridgehead atoms. The lowest BCUT2D eigenvalue weighted by Gasteiger charge is -2.44. The Morgan fingerprint density at radius 2 is 0.564 bits per heavy atom. The van der Waals surface area contributed by atoms with Gasteiger partial charge in [-0.1, -0.05) is 178 Å². The number of pyridine rings is 2. The van der Waals surface area contributed by atoms with Gasteiger partial charge in [0.05, 0.1) is 11.1 Å². The second-order valence-electron chi connectivity index (χ2n) is 21.1. The summed E-state index contributed by atoms with van der Waals surface area (Å²) in [4.78, 5) is 0. The van der Waals surface area contributed by atoms with Crippen LogP contribution in [0.25, 0.3) is 112 Å². The van der Waals surface area contributed by atoms with Crippen molar-refractivity contribution in [1.82, 2.24) is 0 Å². The van der Waals surface area contributed by atoms with Crippen LogP contribution in [-0.4, -0.2) is 0 Å². The van der Waals surface area contributed by atoms with Gasteiger partial charge in [0.1, 0.15) is 0 Å². The lowest BCUT2D eigenvalue weighted by molar-refractivity contribution is -0.856. The van der Waals surface area contributed by atoms with Gasteiger partial charge in [-0.15, -0.1) is 0 Å². The van der Waals surface area contributed by atoms with Crippen LogP contribution in [-0.2, 0) is 11.1 Å². The molecular formula is C76H58N2+2. The molecule has 0 amide bonds. The first-order chi connectivity index (χ1) is 38.5. The first-order valence-corrected chi connectivity index (χ1v) is 27.6. The van der Waals surface area contributed by atoms with Crippen molar-refractivity contribution in [3.63, 3.8) is 0 Å². The summed E-state index contributed by atoms with van der Waals surface area (Å²) < 4.78 is 5.23. The molecule has 1 spiro atoms. The molecule has 14 rings (SSSR count). The van der Waals surface area contributed by atoms with Crippen molar-refractivity contribution in [3.05, 3.63) is 303 Å². The number of nitrogens with zero attached hydrogens (tertiary/aromatic N) is 2. The van der Waals surface area contributed by atoms with Gasteiger partial charge < -0.3 is 0 Å². The highest BCUT2D eigenvalue weighted by Crippen LogP contribution is 2.56. The van der Waals surface area contributed by atoms with E-state index < -0.39 is 5.54 Å². The van der Waals surface area contributed by atoms with Gasteiger partial charge in [-0.2, -0.15) is 9.13 Å². The van der Waals surface area contributed by atoms with Crippen molar-refractivity contribution in [2.75, 3.05) is 0 Å². The normalized spacial score (nSPS) is 14.5. The summed E-state index contributed by atoms with van der Waals surface area (Å²) in [6.45, 7) is 4.77. The number of hydrogen-bond donors (Lipinski definition) is 0. The Balaban J connectivity index is 0.971. The fourth-order valence-corrected chi connectivity index (χ4v) is 13.5. The Kier molecular flexibility index (Phi) is 11.6. The van der Waals surface area contributed by atoms with E-state index in [1.807, 2.05) is 0 Å². The van der Waals surface area contributed by atoms with Crippen molar-refractivity contribution in [2.45, 2.75) is 37.8 Å². The van der Waals surface area contributed by atoms with Crippen molar-refractivity contribution in [1.29, 1.82) is 0 Å². The van der Waals surface area contributed by atoms with E-state index in [4.69, 9.17) is 0 Å². The van der Waals surface area contributed by atoms with E-state index in [1.54, 1.807) is 0 Å². The minimum atomic E-state index is -0.481. The molecule has 2 nitrogen and oxygen atoms in total. The molecule has 370 valence electrons. The van der Waals surface area contributed by atoms with Crippen LogP contribution >= 0.6 is 0 Å². The van der Waals surface area contributed by atoms with E-state index in [2.05, 4.69) is 314 Å². The maximum Gasteiger partial charge on any atom is 0.284 e. The van der Waals surface area contributed by atoms with Crippen LogP contribution in [0, 0.1) is 0 Å². The van der Waals surface area contributed by atoms with Crippen LogP contribution in [0.15, 0.2) is 291 Å². The molecule has 1 unspecified atom stereocenters. The molecule has 2 aliphatic heterocycles. The lowest BCUT2D eigenvalue weighted by atomic mass is 9.61. The molecule has 0 fully saturated rings. The molecule has 78 heavy (non-hydrogen) atoms. The number of hydrogen-bond acceptors (Lipinski definition) is 0. The quantitative estimate of drug-likeness (QED) is 0.121. The van der Waals surface area contributed by atoms with Gasteiger partial charge in [-0.25, -0.2) is 0 Å². The molecule has 0 saturated heterocycles. The van der Waals surface area contributed by atoms with Crippen LogP contribution in [0.4, 0.5) is 0 Å². The Morgan fingerprint density at radius 3 is 1.03 bits per heavy atom. The first-order valence-electron chi connectivity index (χ1n) is 27.6. The van der Waals surface area contributed by atoms with E-state index >= 15 is 0 Å². The molecule has 2 aromatic heterocycles. The Morgan fingerprint density at radius 1 is 0.244 bits per heavy atom. The third-order valence-corrected chi connectivity index (χ3v) is 17.1. The van der Waals surface area contributed by atoms with Gasteiger partial charge in [0.15, 0.2) is 12.4 Å². The van der Waals surface area contributed by atoms with Gasteiger partial charge in [-0.05, 0) is 180 Å². The average molecular weight is 999 g/mol. The predicted octanol–water partition coefficient (Wildman–Crippen LogP) is 18.6. The van der Waals surface area contributed by atoms with Crippen molar-refractivity contribution >= 4 is 0 Å². The fraction of sp³-hybridized carbons (Fsp3) is 0.0789. The molecule has 4 heterocycles. The van der Waals surface area contributed by atoms with Gasteiger partial charge >= 0.3 is 0 Å². The molecule has 2 aliphatic rings. The minimum Gasteiger partial charge on any atom is -0.185 e. The Bertz CT molecular complexity index is 3910. The van der Waals surface area contributed by atoms with Crippen LogP contribution in [0.1, 0.15) is 37.8 Å². The zero-order valence-corrected chi connectivity index (χ0v) is 44.0. The van der Waals surface area contributed by atoms with E-state index in [1.165, 1.54) is 100 Å². The number of benzene rings is 10. The van der Waals surface area contributed by atoms with Crippen molar-refractivity contribution in [3.8, 4) is 112 Å². The summed E-state index contributed by atoms with van der Waals surface area (Å²) in [6, 6.07) is 104. The highest BCUT2D eigenvalue weighted by Gasteiger charge is 2.73. The SMILES string of the molecule is CCC1(CC)[n+]2ccccc2-c2cc(-c3cccc(-c4cc(-c5cc(-c6ccccc6)cc(-c6ccccc6)c5)cc(-c5cc(-c6ccccc6)cc(-c6ccccc6)c5)c4)c3)ccc2C12c1ccccc1-c1cccc[n+]12. The van der Waals surface area contributed by atoms with Gasteiger partial charge in [0.25, 0.3) is 5.54 Å². The summed E-state index contributed by atoms with van der Waals surface area (Å²) in [5, 5.41) is 0. The van der Waals surface area contributed by atoms with E-state index in [0.717, 1.165) is 35.1 Å². The molecule has 2 heteroatoms. The summed E-state index contributed by atoms with van der Waals surface area (Å²) in [6.07, 6.45) is 6.58. The fourth-order valence-electron chi connectivity index (χ4n) is 13.5. The number of fused-ring (bicyclic) bond motifs is 9. The van der Waals surface area contributed by atoms with E-state index in [0.29, 0.717) is 0 Å². The standard InChI is InChI=1S/C76H58N2/c1-3-75(4-2)76(71-35-18-17-34-69(71)73-36-20-22-41-78(73)76)72-39-38-59(52-70(72)74-37-19-21-40-77(74)75)57-32-23-33-58(42-57)64-49-67(65-45-60(53-24-9-5-10-25-53)43-61(46-65)54-26-11-6-12-27-54)51-68(50-64)66-47-62(55-28-13-7-14-29-55)44-63(48-66)56-30-15-8-16-31-56/h5-52H,3-4H2,1-2H3/q+2. The van der Waals surface area contributed by atoms with Crippen molar-refractivity contribution < 1.29 is 9.13 Å². The van der Waals surface area contributed by atoms with Crippen LogP contribution in [0.2, 0.25) is 0 Å². The van der Waals surface area contributed by atoms with Gasteiger partial charge in [0.2, 0.25) is 16.9 Å². The van der Waals surface area contributed by atoms with Crippen LogP contribution in [0.3, 0.4) is 0 Å². The Hall–Kier alpha value is -9.50. The first kappa shape index (κ1) is 47.0. The largest absolute Gasteiger partial charge is 0.284 e. The molecule has 0 radical (unpaired) electrons. The molecule has 1 atom stereocenters.